The molecule has 26 heavy (non-hydrogen) atoms. The van der Waals surface area contributed by atoms with Gasteiger partial charge in [0.25, 0.3) is 0 Å². The summed E-state index contributed by atoms with van der Waals surface area (Å²) in [5, 5.41) is 0. The first-order valence-corrected chi connectivity index (χ1v) is 9.10. The number of ether oxygens (including phenoxy) is 3. The second-order valence-electron chi connectivity index (χ2n) is 8.68. The van der Waals surface area contributed by atoms with Crippen LogP contribution in [0.2, 0.25) is 0 Å². The maximum Gasteiger partial charge on any atom is 0.167 e. The van der Waals surface area contributed by atoms with Gasteiger partial charge in [-0.3, -0.25) is 4.57 Å². The van der Waals surface area contributed by atoms with Gasteiger partial charge in [-0.1, -0.05) is 13.8 Å². The largest absolute Gasteiger partial charge is 0.382 e. The number of anilines is 1. The van der Waals surface area contributed by atoms with Gasteiger partial charge in [0.2, 0.25) is 0 Å². The number of imidazole rings is 1. The summed E-state index contributed by atoms with van der Waals surface area (Å²) in [6, 6.07) is 0. The number of nitrogens with zero attached hydrogens (tertiary/aromatic N) is 4. The predicted molar refractivity (Wildman–Crippen MR) is 96.4 cm³/mol. The topological polar surface area (TPSA) is 97.3 Å². The van der Waals surface area contributed by atoms with Crippen molar-refractivity contribution in [3.05, 3.63) is 12.7 Å². The highest BCUT2D eigenvalue weighted by atomic mass is 16.7. The Bertz CT molecular complexity index is 815. The van der Waals surface area contributed by atoms with E-state index in [2.05, 4.69) is 49.6 Å². The molecule has 2 unspecified atom stereocenters. The molecule has 4 atom stereocenters. The van der Waals surface area contributed by atoms with E-state index in [0.29, 0.717) is 29.5 Å². The monoisotopic (exact) mass is 361 g/mol. The first-order valence-electron chi connectivity index (χ1n) is 9.10. The fourth-order valence-electron chi connectivity index (χ4n) is 4.09. The van der Waals surface area contributed by atoms with Gasteiger partial charge in [0.15, 0.2) is 17.7 Å². The number of hydrogen-bond acceptors (Lipinski definition) is 7. The zero-order valence-corrected chi connectivity index (χ0v) is 16.0. The third kappa shape index (κ3) is 2.76. The van der Waals surface area contributed by atoms with Gasteiger partial charge in [-0.05, 0) is 33.1 Å². The van der Waals surface area contributed by atoms with Crippen LogP contribution in [-0.4, -0.2) is 49.5 Å². The fourth-order valence-corrected chi connectivity index (χ4v) is 4.09. The smallest absolute Gasteiger partial charge is 0.167 e. The molecule has 4 heterocycles. The minimum Gasteiger partial charge on any atom is -0.382 e. The van der Waals surface area contributed by atoms with Crippen LogP contribution in [0.25, 0.3) is 11.2 Å². The van der Waals surface area contributed by atoms with Crippen LogP contribution in [0.1, 0.15) is 47.3 Å². The first kappa shape index (κ1) is 17.6. The summed E-state index contributed by atoms with van der Waals surface area (Å²) >= 11 is 0. The molecule has 2 N–H and O–H groups in total. The Labute approximate surface area is 153 Å². The van der Waals surface area contributed by atoms with Gasteiger partial charge in [0.05, 0.1) is 18.5 Å². The molecule has 0 amide bonds. The third-order valence-corrected chi connectivity index (χ3v) is 4.87. The van der Waals surface area contributed by atoms with Crippen molar-refractivity contribution in [1.29, 1.82) is 0 Å². The standard InChI is InChI=1S/C18H27N5O3/c1-10(2)6-18-7-24-12(13(18)25-17(3,4)5)16(26-18)23-9-22-11-14(19)20-8-21-15(11)23/h8-10,12-13,16H,6-7H2,1-5H3,(H2,19,20,21)/t12?,13?,16-,18+/m1/s1. The Kier molecular flexibility index (Phi) is 3.98. The van der Waals surface area contributed by atoms with Gasteiger partial charge in [0, 0.05) is 0 Å². The third-order valence-electron chi connectivity index (χ3n) is 4.87. The Morgan fingerprint density at radius 2 is 2.12 bits per heavy atom. The van der Waals surface area contributed by atoms with E-state index in [-0.39, 0.29) is 24.0 Å². The Morgan fingerprint density at radius 3 is 2.81 bits per heavy atom. The highest BCUT2D eigenvalue weighted by molar-refractivity contribution is 5.81. The number of fused-ring (bicyclic) bond motifs is 3. The van der Waals surface area contributed by atoms with Gasteiger partial charge in [-0.2, -0.15) is 0 Å². The van der Waals surface area contributed by atoms with Crippen LogP contribution in [-0.2, 0) is 14.2 Å². The van der Waals surface area contributed by atoms with Gasteiger partial charge < -0.3 is 19.9 Å². The molecule has 2 aliphatic rings. The van der Waals surface area contributed by atoms with E-state index in [9.17, 15) is 0 Å². The minimum absolute atomic E-state index is 0.147. The van der Waals surface area contributed by atoms with E-state index < -0.39 is 5.60 Å². The van der Waals surface area contributed by atoms with Crippen molar-refractivity contribution in [2.24, 2.45) is 5.92 Å². The molecule has 8 heteroatoms. The zero-order valence-electron chi connectivity index (χ0n) is 16.0. The van der Waals surface area contributed by atoms with E-state index in [1.165, 1.54) is 6.33 Å². The molecule has 2 aromatic heterocycles. The summed E-state index contributed by atoms with van der Waals surface area (Å²) in [7, 11) is 0. The highest BCUT2D eigenvalue weighted by Crippen LogP contribution is 2.50. The predicted octanol–water partition coefficient (Wildman–Crippen LogP) is 2.30. The minimum atomic E-state index is -0.466. The average molecular weight is 361 g/mol. The van der Waals surface area contributed by atoms with E-state index in [1.807, 2.05) is 4.57 Å². The SMILES string of the molecule is CC(C)C[C@]12COC(C1OC(C)(C)C)[C@H](n1cnc3c(N)ncnc31)O2. The summed E-state index contributed by atoms with van der Waals surface area (Å²) in [5.41, 5.74) is 6.39. The van der Waals surface area contributed by atoms with E-state index in [4.69, 9.17) is 19.9 Å². The van der Waals surface area contributed by atoms with Gasteiger partial charge in [-0.25, -0.2) is 15.0 Å². The van der Waals surface area contributed by atoms with Crippen LogP contribution in [0.4, 0.5) is 5.82 Å². The highest BCUT2D eigenvalue weighted by Gasteiger charge is 2.63. The van der Waals surface area contributed by atoms with Gasteiger partial charge in [0.1, 0.15) is 29.7 Å². The molecule has 0 aromatic carbocycles. The van der Waals surface area contributed by atoms with Crippen molar-refractivity contribution in [2.75, 3.05) is 12.3 Å². The van der Waals surface area contributed by atoms with Gasteiger partial charge in [-0.15, -0.1) is 0 Å². The van der Waals surface area contributed by atoms with E-state index in [0.717, 1.165) is 6.42 Å². The molecule has 8 nitrogen and oxygen atoms in total. The average Bonchev–Trinajstić information content (AvgIpc) is 3.16. The summed E-state index contributed by atoms with van der Waals surface area (Å²) < 4.78 is 21.0. The summed E-state index contributed by atoms with van der Waals surface area (Å²) in [6.07, 6.45) is 3.28. The van der Waals surface area contributed by atoms with Crippen LogP contribution >= 0.6 is 0 Å². The second-order valence-corrected chi connectivity index (χ2v) is 8.68. The first-order chi connectivity index (χ1) is 12.2. The molecule has 0 saturated carbocycles. The van der Waals surface area contributed by atoms with Crippen LogP contribution < -0.4 is 5.73 Å². The van der Waals surface area contributed by atoms with Crippen LogP contribution in [0.3, 0.4) is 0 Å². The molecule has 2 aliphatic heterocycles. The van der Waals surface area contributed by atoms with Crippen molar-refractivity contribution < 1.29 is 14.2 Å². The van der Waals surface area contributed by atoms with Crippen LogP contribution in [0, 0.1) is 5.92 Å². The molecule has 0 aliphatic carbocycles. The van der Waals surface area contributed by atoms with Crippen LogP contribution in [0.15, 0.2) is 12.7 Å². The molecule has 2 bridgehead atoms. The lowest BCUT2D eigenvalue weighted by atomic mass is 9.88. The number of aromatic nitrogens is 4. The summed E-state index contributed by atoms with van der Waals surface area (Å²) in [4.78, 5) is 12.7. The maximum atomic E-state index is 6.58. The molecule has 142 valence electrons. The summed E-state index contributed by atoms with van der Waals surface area (Å²) in [5.74, 6) is 0.817. The normalized spacial score (nSPS) is 31.4. The quantitative estimate of drug-likeness (QED) is 0.892. The molecule has 2 aromatic rings. The number of nitrogen functional groups attached to an aromatic ring is 1. The zero-order chi connectivity index (χ0) is 18.7. The number of nitrogens with two attached hydrogens (primary N) is 1. The Balaban J connectivity index is 1.74. The Morgan fingerprint density at radius 1 is 1.35 bits per heavy atom. The molecule has 0 spiro atoms. The lowest BCUT2D eigenvalue weighted by Gasteiger charge is -2.35. The summed E-state index contributed by atoms with van der Waals surface area (Å²) in [6.45, 7) is 11.1. The lowest BCUT2D eigenvalue weighted by molar-refractivity contribution is -0.182. The number of hydrogen-bond donors (Lipinski definition) is 1. The maximum absolute atomic E-state index is 6.58. The van der Waals surface area contributed by atoms with Crippen molar-refractivity contribution in [2.45, 2.75) is 70.7 Å². The number of rotatable bonds is 4. The van der Waals surface area contributed by atoms with Crippen molar-refractivity contribution >= 4 is 17.0 Å². The van der Waals surface area contributed by atoms with Gasteiger partial charge >= 0.3 is 0 Å². The lowest BCUT2D eigenvalue weighted by Crippen LogP contribution is -2.46. The molecule has 2 saturated heterocycles. The fraction of sp³-hybridized carbons (Fsp3) is 0.722. The van der Waals surface area contributed by atoms with Crippen molar-refractivity contribution in [3.8, 4) is 0 Å². The second kappa shape index (κ2) is 5.87. The van der Waals surface area contributed by atoms with Crippen molar-refractivity contribution in [3.63, 3.8) is 0 Å². The van der Waals surface area contributed by atoms with E-state index >= 15 is 0 Å². The molecule has 2 fully saturated rings. The van der Waals surface area contributed by atoms with E-state index in [1.54, 1.807) is 6.33 Å². The molecule has 4 rings (SSSR count). The molecular weight excluding hydrogens is 334 g/mol. The van der Waals surface area contributed by atoms with Crippen LogP contribution in [0.5, 0.6) is 0 Å². The Hall–Kier alpha value is -1.77. The van der Waals surface area contributed by atoms with Crippen molar-refractivity contribution in [1.82, 2.24) is 19.5 Å². The molecule has 0 radical (unpaired) electrons. The molecular formula is C18H27N5O3.